The molecule has 0 amide bonds. The molecule has 0 fully saturated rings. The number of anilines is 1. The van der Waals surface area contributed by atoms with Crippen molar-refractivity contribution >= 4 is 27.8 Å². The molecule has 0 aliphatic carbocycles. The van der Waals surface area contributed by atoms with Crippen molar-refractivity contribution in [1.82, 2.24) is 14.9 Å². The summed E-state index contributed by atoms with van der Waals surface area (Å²) < 4.78 is 0. The summed E-state index contributed by atoms with van der Waals surface area (Å²) >= 11 is 3.40. The predicted octanol–water partition coefficient (Wildman–Crippen LogP) is 3.46. The van der Waals surface area contributed by atoms with E-state index in [1.54, 1.807) is 22.7 Å². The van der Waals surface area contributed by atoms with E-state index in [0.29, 0.717) is 0 Å². The normalized spacial score (nSPS) is 11.2. The zero-order chi connectivity index (χ0) is 13.8. The minimum atomic E-state index is 0.886. The minimum Gasteiger partial charge on any atom is -0.362 e. The van der Waals surface area contributed by atoms with Crippen molar-refractivity contribution in [1.29, 1.82) is 0 Å². The first-order valence-electron chi connectivity index (χ1n) is 6.41. The fourth-order valence-corrected chi connectivity index (χ4v) is 3.67. The quantitative estimate of drug-likeness (QED) is 0.886. The van der Waals surface area contributed by atoms with Crippen molar-refractivity contribution in [3.05, 3.63) is 16.1 Å². The van der Waals surface area contributed by atoms with Gasteiger partial charge in [0.2, 0.25) is 0 Å². The maximum atomic E-state index is 4.64. The van der Waals surface area contributed by atoms with Crippen molar-refractivity contribution in [2.75, 3.05) is 26.0 Å². The Morgan fingerprint density at radius 2 is 2.11 bits per heavy atom. The molecule has 2 heterocycles. The second-order valence-corrected chi connectivity index (χ2v) is 6.67. The average molecular weight is 296 g/mol. The molecule has 0 aliphatic rings. The highest BCUT2D eigenvalue weighted by molar-refractivity contribution is 7.16. The van der Waals surface area contributed by atoms with E-state index in [-0.39, 0.29) is 0 Å². The number of hydrogen-bond donors (Lipinski definition) is 1. The zero-order valence-electron chi connectivity index (χ0n) is 11.9. The Hall–Kier alpha value is -0.980. The van der Waals surface area contributed by atoms with E-state index in [2.05, 4.69) is 53.5 Å². The van der Waals surface area contributed by atoms with Gasteiger partial charge in [0, 0.05) is 18.5 Å². The first kappa shape index (κ1) is 14.4. The molecule has 0 atom stereocenters. The smallest absolute Gasteiger partial charge is 0.183 e. The van der Waals surface area contributed by atoms with E-state index in [9.17, 15) is 0 Å². The van der Waals surface area contributed by atoms with Gasteiger partial charge in [0.25, 0.3) is 0 Å². The summed E-state index contributed by atoms with van der Waals surface area (Å²) in [4.78, 5) is 12.6. The van der Waals surface area contributed by atoms with E-state index in [1.165, 1.54) is 4.88 Å². The fraction of sp³-hybridized carbons (Fsp3) is 0.538. The lowest BCUT2D eigenvalue weighted by molar-refractivity contribution is 0.401. The summed E-state index contributed by atoms with van der Waals surface area (Å²) in [7, 11) is 4.12. The molecule has 4 nitrogen and oxygen atoms in total. The molecule has 2 aromatic rings. The number of nitrogens with zero attached hydrogens (tertiary/aromatic N) is 3. The van der Waals surface area contributed by atoms with E-state index in [0.717, 1.165) is 41.0 Å². The third-order valence-corrected chi connectivity index (χ3v) is 4.52. The van der Waals surface area contributed by atoms with Crippen LogP contribution >= 0.6 is 22.7 Å². The second kappa shape index (κ2) is 6.45. The van der Waals surface area contributed by atoms with E-state index in [1.807, 2.05) is 0 Å². The first-order chi connectivity index (χ1) is 9.10. The Morgan fingerprint density at radius 3 is 2.79 bits per heavy atom. The maximum absolute atomic E-state index is 4.64. The molecule has 6 heteroatoms. The molecule has 0 bridgehead atoms. The monoisotopic (exact) mass is 296 g/mol. The fourth-order valence-electron chi connectivity index (χ4n) is 1.72. The molecule has 19 heavy (non-hydrogen) atoms. The molecule has 0 spiro atoms. The molecule has 0 unspecified atom stereocenters. The summed E-state index contributed by atoms with van der Waals surface area (Å²) in [6.45, 7) is 6.07. The Kier molecular flexibility index (Phi) is 4.90. The highest BCUT2D eigenvalue weighted by Gasteiger charge is 2.13. The largest absolute Gasteiger partial charge is 0.362 e. The van der Waals surface area contributed by atoms with E-state index >= 15 is 0 Å². The molecule has 104 valence electrons. The summed E-state index contributed by atoms with van der Waals surface area (Å²) in [5, 5.41) is 7.58. The van der Waals surface area contributed by atoms with Crippen LogP contribution in [-0.2, 0) is 6.54 Å². The lowest BCUT2D eigenvalue weighted by Gasteiger charge is -2.04. The predicted molar refractivity (Wildman–Crippen MR) is 84.1 cm³/mol. The zero-order valence-corrected chi connectivity index (χ0v) is 13.5. The highest BCUT2D eigenvalue weighted by atomic mass is 32.1. The van der Waals surface area contributed by atoms with Gasteiger partial charge >= 0.3 is 0 Å². The van der Waals surface area contributed by atoms with Gasteiger partial charge in [-0.25, -0.2) is 9.97 Å². The van der Waals surface area contributed by atoms with E-state index in [4.69, 9.17) is 0 Å². The topological polar surface area (TPSA) is 41.1 Å². The molecular formula is C13H20N4S2. The molecule has 1 N–H and O–H groups in total. The SMILES string of the molecule is CCCNc1nc(-c2sc(CN(C)C)nc2C)cs1. The number of nitrogens with one attached hydrogen (secondary N) is 1. The Balaban J connectivity index is 2.16. The minimum absolute atomic E-state index is 0.886. The highest BCUT2D eigenvalue weighted by Crippen LogP contribution is 2.32. The van der Waals surface area contributed by atoms with Crippen LogP contribution in [0.1, 0.15) is 24.0 Å². The van der Waals surface area contributed by atoms with Gasteiger partial charge in [-0.3, -0.25) is 0 Å². The molecular weight excluding hydrogens is 276 g/mol. The third kappa shape index (κ3) is 3.75. The van der Waals surface area contributed by atoms with Crippen molar-refractivity contribution in [3.63, 3.8) is 0 Å². The van der Waals surface area contributed by atoms with Gasteiger partial charge in [-0.1, -0.05) is 6.92 Å². The molecule has 2 aromatic heterocycles. The van der Waals surface area contributed by atoms with Crippen LogP contribution in [0.3, 0.4) is 0 Å². The molecule has 0 aromatic carbocycles. The average Bonchev–Trinajstić information content (AvgIpc) is 2.92. The van der Waals surface area contributed by atoms with Crippen LogP contribution in [-0.4, -0.2) is 35.5 Å². The van der Waals surface area contributed by atoms with Gasteiger partial charge in [-0.15, -0.1) is 22.7 Å². The van der Waals surface area contributed by atoms with Gasteiger partial charge < -0.3 is 10.2 Å². The summed E-state index contributed by atoms with van der Waals surface area (Å²) in [5.74, 6) is 0. The Morgan fingerprint density at radius 1 is 1.32 bits per heavy atom. The first-order valence-corrected chi connectivity index (χ1v) is 8.10. The van der Waals surface area contributed by atoms with Crippen molar-refractivity contribution in [3.8, 4) is 10.6 Å². The molecule has 0 aliphatic heterocycles. The van der Waals surface area contributed by atoms with Crippen molar-refractivity contribution < 1.29 is 0 Å². The van der Waals surface area contributed by atoms with Crippen LogP contribution in [0.15, 0.2) is 5.38 Å². The Bertz CT molecular complexity index is 530. The van der Waals surface area contributed by atoms with Gasteiger partial charge in [-0.05, 0) is 27.4 Å². The molecule has 2 rings (SSSR count). The molecule has 0 saturated carbocycles. The maximum Gasteiger partial charge on any atom is 0.183 e. The Labute approximate surface area is 122 Å². The second-order valence-electron chi connectivity index (χ2n) is 4.72. The number of rotatable bonds is 6. The van der Waals surface area contributed by atoms with Gasteiger partial charge in [0.05, 0.1) is 16.3 Å². The number of hydrogen-bond acceptors (Lipinski definition) is 6. The van der Waals surface area contributed by atoms with Gasteiger partial charge in [-0.2, -0.15) is 0 Å². The van der Waals surface area contributed by atoms with Crippen LogP contribution in [0.25, 0.3) is 10.6 Å². The van der Waals surface area contributed by atoms with Crippen molar-refractivity contribution in [2.24, 2.45) is 0 Å². The van der Waals surface area contributed by atoms with Crippen molar-refractivity contribution in [2.45, 2.75) is 26.8 Å². The van der Waals surface area contributed by atoms with Crippen LogP contribution in [0, 0.1) is 6.92 Å². The lowest BCUT2D eigenvalue weighted by atomic mass is 10.3. The molecule has 0 radical (unpaired) electrons. The van der Waals surface area contributed by atoms with Gasteiger partial charge in [0.15, 0.2) is 5.13 Å². The number of aryl methyl sites for hydroxylation is 1. The van der Waals surface area contributed by atoms with Crippen LogP contribution in [0.2, 0.25) is 0 Å². The van der Waals surface area contributed by atoms with Crippen LogP contribution in [0.5, 0.6) is 0 Å². The lowest BCUT2D eigenvalue weighted by Crippen LogP contribution is -2.10. The van der Waals surface area contributed by atoms with Crippen LogP contribution in [0.4, 0.5) is 5.13 Å². The summed E-state index contributed by atoms with van der Waals surface area (Å²) in [6, 6.07) is 0. The summed E-state index contributed by atoms with van der Waals surface area (Å²) in [6.07, 6.45) is 1.11. The standard InChI is InChI=1S/C13H20N4S2/c1-5-6-14-13-16-10(8-18-13)12-9(2)15-11(19-12)7-17(3)4/h8H,5-7H2,1-4H3,(H,14,16). The van der Waals surface area contributed by atoms with E-state index < -0.39 is 0 Å². The number of aromatic nitrogens is 2. The third-order valence-electron chi connectivity index (χ3n) is 2.56. The van der Waals surface area contributed by atoms with Crippen LogP contribution < -0.4 is 5.32 Å². The van der Waals surface area contributed by atoms with Gasteiger partial charge in [0.1, 0.15) is 5.01 Å². The summed E-state index contributed by atoms with van der Waals surface area (Å²) in [5.41, 5.74) is 2.12. The number of thiazole rings is 2. The molecule has 0 saturated heterocycles.